The maximum Gasteiger partial charge on any atom is 0.261 e. The summed E-state index contributed by atoms with van der Waals surface area (Å²) < 4.78 is 28.9. The van der Waals surface area contributed by atoms with Gasteiger partial charge < -0.3 is 5.32 Å². The molecular formula is C25H19F2N5O3S. The van der Waals surface area contributed by atoms with Crippen molar-refractivity contribution in [3.05, 3.63) is 93.3 Å². The molecule has 1 aliphatic rings. The lowest BCUT2D eigenvalue weighted by Gasteiger charge is -2.24. The van der Waals surface area contributed by atoms with Gasteiger partial charge in [0.25, 0.3) is 17.7 Å². The van der Waals surface area contributed by atoms with Gasteiger partial charge in [0.2, 0.25) is 0 Å². The standard InChI is InChI=1S/C25H19F2N5O3S/c1-31-21(11-28-30-31)15-10-22(36-13-15)23(33)29-16(8-14-6-7-19(26)20(27)9-14)12-32-24(34)17-4-2-3-5-18(17)25(32)35/h2-7,9-11,13,16H,8,12H2,1H3,(H,29,33)/t16-/m0/s1. The molecule has 0 spiro atoms. The smallest absolute Gasteiger partial charge is 0.261 e. The number of thiophene rings is 1. The molecule has 4 aromatic rings. The average Bonchev–Trinajstić information content (AvgIpc) is 3.57. The van der Waals surface area contributed by atoms with Gasteiger partial charge in [-0.1, -0.05) is 23.4 Å². The van der Waals surface area contributed by atoms with E-state index in [1.807, 2.05) is 0 Å². The Morgan fingerprint density at radius 3 is 2.42 bits per heavy atom. The molecular weight excluding hydrogens is 488 g/mol. The second-order valence-electron chi connectivity index (χ2n) is 8.33. The Balaban J connectivity index is 1.39. The average molecular weight is 508 g/mol. The molecule has 5 rings (SSSR count). The SMILES string of the molecule is Cn1nncc1-c1csc(C(=O)N[C@@H](Cc2ccc(F)c(F)c2)CN2C(=O)c3ccccc3C2=O)c1. The summed E-state index contributed by atoms with van der Waals surface area (Å²) in [4.78, 5) is 40.4. The number of hydrogen-bond donors (Lipinski definition) is 1. The summed E-state index contributed by atoms with van der Waals surface area (Å²) in [6.45, 7) is -0.138. The minimum absolute atomic E-state index is 0.0697. The molecule has 0 saturated heterocycles. The molecule has 1 N–H and O–H groups in total. The second kappa shape index (κ2) is 9.42. The van der Waals surface area contributed by atoms with Gasteiger partial charge in [-0.25, -0.2) is 13.5 Å². The van der Waals surface area contributed by atoms with E-state index in [1.165, 1.54) is 17.4 Å². The van der Waals surface area contributed by atoms with Gasteiger partial charge in [0, 0.05) is 24.5 Å². The van der Waals surface area contributed by atoms with Gasteiger partial charge in [0.15, 0.2) is 11.6 Å². The zero-order valence-electron chi connectivity index (χ0n) is 18.9. The molecule has 36 heavy (non-hydrogen) atoms. The van der Waals surface area contributed by atoms with Gasteiger partial charge in [0.1, 0.15) is 0 Å². The molecule has 182 valence electrons. The van der Waals surface area contributed by atoms with Crippen LogP contribution in [0, 0.1) is 11.6 Å². The van der Waals surface area contributed by atoms with Crippen molar-refractivity contribution < 1.29 is 23.2 Å². The number of rotatable bonds is 7. The summed E-state index contributed by atoms with van der Waals surface area (Å²) in [5, 5.41) is 12.4. The fraction of sp³-hybridized carbons (Fsp3) is 0.160. The number of fused-ring (bicyclic) bond motifs is 1. The van der Waals surface area contributed by atoms with Crippen molar-refractivity contribution in [2.75, 3.05) is 6.54 Å². The zero-order valence-corrected chi connectivity index (χ0v) is 19.8. The Bertz CT molecular complexity index is 1460. The predicted molar refractivity (Wildman–Crippen MR) is 127 cm³/mol. The Labute approximate surface area is 208 Å². The van der Waals surface area contributed by atoms with Gasteiger partial charge in [-0.3, -0.25) is 19.3 Å². The highest BCUT2D eigenvalue weighted by atomic mass is 32.1. The van der Waals surface area contributed by atoms with E-state index < -0.39 is 35.4 Å². The van der Waals surface area contributed by atoms with Gasteiger partial charge in [-0.2, -0.15) is 0 Å². The number of carbonyl (C=O) groups is 3. The zero-order chi connectivity index (χ0) is 25.4. The molecule has 2 aromatic heterocycles. The summed E-state index contributed by atoms with van der Waals surface area (Å²) in [7, 11) is 1.74. The molecule has 8 nitrogen and oxygen atoms in total. The van der Waals surface area contributed by atoms with Crippen molar-refractivity contribution in [2.24, 2.45) is 7.05 Å². The third-order valence-electron chi connectivity index (χ3n) is 5.92. The number of imide groups is 1. The maximum atomic E-state index is 13.8. The first-order chi connectivity index (χ1) is 17.3. The number of benzene rings is 2. The quantitative estimate of drug-likeness (QED) is 0.387. The molecule has 1 atom stereocenters. The lowest BCUT2D eigenvalue weighted by molar-refractivity contribution is 0.0629. The molecule has 3 heterocycles. The van der Waals surface area contributed by atoms with Crippen molar-refractivity contribution in [3.8, 4) is 11.3 Å². The number of halogens is 2. The Morgan fingerprint density at radius 2 is 1.78 bits per heavy atom. The van der Waals surface area contributed by atoms with E-state index >= 15 is 0 Å². The molecule has 0 aliphatic carbocycles. The van der Waals surface area contributed by atoms with E-state index in [1.54, 1.807) is 53.6 Å². The van der Waals surface area contributed by atoms with Crippen LogP contribution in [0.2, 0.25) is 0 Å². The summed E-state index contributed by atoms with van der Waals surface area (Å²) >= 11 is 1.21. The molecule has 11 heteroatoms. The minimum atomic E-state index is -1.02. The van der Waals surface area contributed by atoms with E-state index in [0.29, 0.717) is 10.4 Å². The first-order valence-electron chi connectivity index (χ1n) is 11.0. The summed E-state index contributed by atoms with van der Waals surface area (Å²) in [6, 6.07) is 10.8. The van der Waals surface area contributed by atoms with Crippen LogP contribution in [0.15, 0.2) is 60.1 Å². The fourth-order valence-electron chi connectivity index (χ4n) is 4.13. The second-order valence-corrected chi connectivity index (χ2v) is 9.24. The number of nitrogens with one attached hydrogen (secondary N) is 1. The Kier molecular flexibility index (Phi) is 6.15. The maximum absolute atomic E-state index is 13.8. The molecule has 0 bridgehead atoms. The topological polar surface area (TPSA) is 97.2 Å². The van der Waals surface area contributed by atoms with Crippen LogP contribution in [0.5, 0.6) is 0 Å². The summed E-state index contributed by atoms with van der Waals surface area (Å²) in [5.41, 5.74) is 2.47. The van der Waals surface area contributed by atoms with Crippen molar-refractivity contribution in [2.45, 2.75) is 12.5 Å². The van der Waals surface area contributed by atoms with E-state index in [4.69, 9.17) is 0 Å². The predicted octanol–water partition coefficient (Wildman–Crippen LogP) is 3.46. The van der Waals surface area contributed by atoms with Crippen LogP contribution in [0.4, 0.5) is 8.78 Å². The van der Waals surface area contributed by atoms with E-state index in [0.717, 1.165) is 28.3 Å². The Morgan fingerprint density at radius 1 is 1.06 bits per heavy atom. The molecule has 3 amide bonds. The van der Waals surface area contributed by atoms with Crippen LogP contribution in [-0.4, -0.2) is 50.2 Å². The number of nitrogens with zero attached hydrogens (tertiary/aromatic N) is 4. The summed E-state index contributed by atoms with van der Waals surface area (Å²) in [5.74, 6) is -3.38. The molecule has 0 unspecified atom stereocenters. The molecule has 0 radical (unpaired) electrons. The van der Waals surface area contributed by atoms with Crippen LogP contribution >= 0.6 is 11.3 Å². The van der Waals surface area contributed by atoms with E-state index in [-0.39, 0.29) is 24.1 Å². The summed E-state index contributed by atoms with van der Waals surface area (Å²) in [6.07, 6.45) is 1.65. The van der Waals surface area contributed by atoms with Crippen LogP contribution in [0.3, 0.4) is 0 Å². The third kappa shape index (κ3) is 4.40. The highest BCUT2D eigenvalue weighted by Crippen LogP contribution is 2.26. The van der Waals surface area contributed by atoms with Gasteiger partial charge in [0.05, 0.1) is 33.9 Å². The van der Waals surface area contributed by atoms with Crippen molar-refractivity contribution in [1.82, 2.24) is 25.2 Å². The number of aromatic nitrogens is 3. The lowest BCUT2D eigenvalue weighted by Crippen LogP contribution is -2.46. The molecule has 0 fully saturated rings. The normalized spacial score (nSPS) is 13.7. The van der Waals surface area contributed by atoms with Gasteiger partial charge in [-0.15, -0.1) is 16.4 Å². The number of hydrogen-bond acceptors (Lipinski definition) is 6. The van der Waals surface area contributed by atoms with Crippen LogP contribution in [0.25, 0.3) is 11.3 Å². The molecule has 0 saturated carbocycles. The Hall–Kier alpha value is -4.25. The lowest BCUT2D eigenvalue weighted by atomic mass is 10.0. The monoisotopic (exact) mass is 507 g/mol. The van der Waals surface area contributed by atoms with Crippen molar-refractivity contribution in [3.63, 3.8) is 0 Å². The fourth-order valence-corrected chi connectivity index (χ4v) is 4.94. The van der Waals surface area contributed by atoms with E-state index in [9.17, 15) is 23.2 Å². The van der Waals surface area contributed by atoms with Crippen molar-refractivity contribution >= 4 is 29.1 Å². The first kappa shape index (κ1) is 23.5. The van der Waals surface area contributed by atoms with Crippen molar-refractivity contribution in [1.29, 1.82) is 0 Å². The highest BCUT2D eigenvalue weighted by Gasteiger charge is 2.36. The molecule has 1 aliphatic heterocycles. The van der Waals surface area contributed by atoms with Crippen LogP contribution in [-0.2, 0) is 13.5 Å². The number of carbonyl (C=O) groups excluding carboxylic acids is 3. The minimum Gasteiger partial charge on any atom is -0.346 e. The first-order valence-corrected chi connectivity index (χ1v) is 11.8. The highest BCUT2D eigenvalue weighted by molar-refractivity contribution is 7.12. The van der Waals surface area contributed by atoms with E-state index in [2.05, 4.69) is 15.6 Å². The molecule has 2 aromatic carbocycles. The number of amides is 3. The van der Waals surface area contributed by atoms with Crippen LogP contribution < -0.4 is 5.32 Å². The largest absolute Gasteiger partial charge is 0.346 e. The number of aryl methyl sites for hydroxylation is 1. The third-order valence-corrected chi connectivity index (χ3v) is 6.84. The van der Waals surface area contributed by atoms with Gasteiger partial charge in [-0.05, 0) is 42.3 Å². The van der Waals surface area contributed by atoms with Gasteiger partial charge >= 0.3 is 0 Å². The van der Waals surface area contributed by atoms with Crippen LogP contribution in [0.1, 0.15) is 36.0 Å².